The van der Waals surface area contributed by atoms with Crippen LogP contribution in [0.2, 0.25) is 0 Å². The number of anilines is 1. The van der Waals surface area contributed by atoms with E-state index >= 15 is 0 Å². The van der Waals surface area contributed by atoms with Gasteiger partial charge in [-0.2, -0.15) is 10.2 Å². The molecule has 1 saturated heterocycles. The number of nitriles is 1. The average molecular weight is 645 g/mol. The van der Waals surface area contributed by atoms with Crippen LogP contribution < -0.4 is 21.5 Å². The second kappa shape index (κ2) is 13.1. The van der Waals surface area contributed by atoms with E-state index in [2.05, 4.69) is 28.2 Å². The number of amides is 1. The zero-order valence-corrected chi connectivity index (χ0v) is 27.4. The fourth-order valence-corrected chi connectivity index (χ4v) is 6.05. The number of para-hydroxylation sites is 1. The van der Waals surface area contributed by atoms with Crippen molar-refractivity contribution < 1.29 is 9.53 Å². The van der Waals surface area contributed by atoms with Gasteiger partial charge in [-0.1, -0.05) is 48.4 Å². The SMILES string of the molecule is CC#CCn1c(N2CCC[C@@H](NC(=O)OC(C)(C)C)C2)nc2c1c(=O)n(Cc1cc3ccccc3c(C#N)n1)c(=O)n2-c1ccccc1. The van der Waals surface area contributed by atoms with E-state index in [1.54, 1.807) is 29.7 Å². The van der Waals surface area contributed by atoms with Crippen LogP contribution in [0.4, 0.5) is 10.7 Å². The van der Waals surface area contributed by atoms with Crippen molar-refractivity contribution in [3.63, 3.8) is 0 Å². The van der Waals surface area contributed by atoms with E-state index < -0.39 is 22.9 Å². The highest BCUT2D eigenvalue weighted by Gasteiger charge is 2.30. The predicted octanol–water partition coefficient (Wildman–Crippen LogP) is 4.33. The quantitative estimate of drug-likeness (QED) is 0.270. The van der Waals surface area contributed by atoms with Gasteiger partial charge in [-0.15, -0.1) is 5.92 Å². The van der Waals surface area contributed by atoms with E-state index in [4.69, 9.17) is 9.72 Å². The number of benzene rings is 2. The van der Waals surface area contributed by atoms with Crippen LogP contribution >= 0.6 is 0 Å². The van der Waals surface area contributed by atoms with Gasteiger partial charge in [-0.25, -0.2) is 19.1 Å². The molecule has 12 heteroatoms. The summed E-state index contributed by atoms with van der Waals surface area (Å²) < 4.78 is 9.80. The van der Waals surface area contributed by atoms with Crippen molar-refractivity contribution in [3.8, 4) is 23.6 Å². The lowest BCUT2D eigenvalue weighted by Crippen LogP contribution is -2.49. The molecule has 2 aromatic carbocycles. The van der Waals surface area contributed by atoms with Crippen LogP contribution in [-0.2, 0) is 17.8 Å². The molecule has 6 rings (SSSR count). The lowest BCUT2D eigenvalue weighted by Gasteiger charge is -2.34. The number of fused-ring (bicyclic) bond motifs is 2. The average Bonchev–Trinajstić information content (AvgIpc) is 3.44. The Morgan fingerprint density at radius 3 is 2.54 bits per heavy atom. The molecule has 12 nitrogen and oxygen atoms in total. The summed E-state index contributed by atoms with van der Waals surface area (Å²) in [6.45, 7) is 8.19. The Morgan fingerprint density at radius 1 is 1.06 bits per heavy atom. The van der Waals surface area contributed by atoms with Crippen LogP contribution in [0.1, 0.15) is 51.9 Å². The van der Waals surface area contributed by atoms with Gasteiger partial charge in [0.15, 0.2) is 11.2 Å². The number of piperidine rings is 1. The number of nitrogens with one attached hydrogen (secondary N) is 1. The number of aromatic nitrogens is 5. The van der Waals surface area contributed by atoms with Gasteiger partial charge in [0.1, 0.15) is 17.4 Å². The summed E-state index contributed by atoms with van der Waals surface area (Å²) in [6.07, 6.45) is 1.01. The highest BCUT2D eigenvalue weighted by Crippen LogP contribution is 2.25. The number of imidazole rings is 1. The predicted molar refractivity (Wildman–Crippen MR) is 183 cm³/mol. The summed E-state index contributed by atoms with van der Waals surface area (Å²) >= 11 is 0. The number of hydrogen-bond acceptors (Lipinski definition) is 8. The molecule has 1 fully saturated rings. The second-order valence-electron chi connectivity index (χ2n) is 12.7. The minimum absolute atomic E-state index is 0.151. The molecule has 3 aromatic heterocycles. The van der Waals surface area contributed by atoms with Gasteiger partial charge in [-0.3, -0.25) is 13.9 Å². The van der Waals surface area contributed by atoms with Gasteiger partial charge in [0.05, 0.1) is 24.5 Å². The number of carbonyl (C=O) groups excluding carboxylic acids is 1. The molecule has 0 spiro atoms. The number of alkyl carbamates (subject to hydrolysis) is 1. The highest BCUT2D eigenvalue weighted by atomic mass is 16.6. The van der Waals surface area contributed by atoms with Gasteiger partial charge in [0.25, 0.3) is 5.56 Å². The van der Waals surface area contributed by atoms with Gasteiger partial charge >= 0.3 is 11.8 Å². The van der Waals surface area contributed by atoms with Gasteiger partial charge in [-0.05, 0) is 64.1 Å². The minimum atomic E-state index is -0.634. The van der Waals surface area contributed by atoms with Crippen molar-refractivity contribution in [2.75, 3.05) is 18.0 Å². The molecule has 1 aliphatic heterocycles. The third kappa shape index (κ3) is 6.38. The molecule has 1 aliphatic rings. The van der Waals surface area contributed by atoms with Crippen LogP contribution in [0, 0.1) is 23.2 Å². The van der Waals surface area contributed by atoms with Crippen molar-refractivity contribution >= 4 is 34.0 Å². The first-order chi connectivity index (χ1) is 23.1. The number of pyridine rings is 1. The maximum atomic E-state index is 14.4. The first kappa shape index (κ1) is 32.1. The van der Waals surface area contributed by atoms with Crippen LogP contribution in [0.5, 0.6) is 0 Å². The standard InChI is InChI=1S/C36H36N8O4/c1-5-6-19-42-30-31(40-33(42)41-18-12-14-25(22-41)39-34(46)48-36(2,3)4)44(27-15-8-7-9-16-27)35(47)43(32(30)45)23-26-20-24-13-10-11-17-28(24)29(21-37)38-26/h7-11,13,15-17,20,25H,12,14,18-19,22-23H2,1-4H3,(H,39,46)/t25-/m1/s1. The highest BCUT2D eigenvalue weighted by molar-refractivity contribution is 5.86. The molecular formula is C36H36N8O4. The molecule has 1 N–H and O–H groups in total. The molecule has 0 radical (unpaired) electrons. The zero-order chi connectivity index (χ0) is 34.0. The number of carbonyl (C=O) groups is 1. The Morgan fingerprint density at radius 2 is 1.81 bits per heavy atom. The van der Waals surface area contributed by atoms with Crippen LogP contribution in [-0.4, -0.2) is 54.5 Å². The van der Waals surface area contributed by atoms with E-state index in [0.717, 1.165) is 22.8 Å². The molecule has 5 aromatic rings. The van der Waals surface area contributed by atoms with Crippen molar-refractivity contribution in [1.82, 2.24) is 29.0 Å². The Labute approximate surface area is 277 Å². The number of nitrogens with zero attached hydrogens (tertiary/aromatic N) is 7. The van der Waals surface area contributed by atoms with E-state index in [9.17, 15) is 19.6 Å². The van der Waals surface area contributed by atoms with Crippen LogP contribution in [0.3, 0.4) is 0 Å². The number of ether oxygens (including phenoxy) is 1. The summed E-state index contributed by atoms with van der Waals surface area (Å²) in [6, 6.07) is 20.1. The fraction of sp³-hybridized carbons (Fsp3) is 0.333. The topological polar surface area (TPSA) is 140 Å². The Hall–Kier alpha value is -5.88. The van der Waals surface area contributed by atoms with E-state index in [1.807, 2.05) is 68.1 Å². The maximum absolute atomic E-state index is 14.4. The zero-order valence-electron chi connectivity index (χ0n) is 27.4. The van der Waals surface area contributed by atoms with Crippen LogP contribution in [0.25, 0.3) is 27.6 Å². The molecule has 1 amide bonds. The first-order valence-electron chi connectivity index (χ1n) is 15.8. The molecule has 48 heavy (non-hydrogen) atoms. The van der Waals surface area contributed by atoms with Crippen molar-refractivity contribution in [2.45, 2.75) is 65.3 Å². The largest absolute Gasteiger partial charge is 0.444 e. The molecule has 4 heterocycles. The molecule has 0 bridgehead atoms. The van der Waals surface area contributed by atoms with Crippen molar-refractivity contribution in [2.24, 2.45) is 0 Å². The Bertz CT molecular complexity index is 2240. The molecule has 0 aliphatic carbocycles. The van der Waals surface area contributed by atoms with E-state index in [-0.39, 0.29) is 36.0 Å². The van der Waals surface area contributed by atoms with E-state index in [0.29, 0.717) is 35.8 Å². The summed E-state index contributed by atoms with van der Waals surface area (Å²) in [5.41, 5.74) is -0.218. The molecule has 1 atom stereocenters. The van der Waals surface area contributed by atoms with E-state index in [1.165, 1.54) is 4.57 Å². The smallest absolute Gasteiger partial charge is 0.407 e. The summed E-state index contributed by atoms with van der Waals surface area (Å²) in [5, 5.41) is 14.3. The third-order valence-electron chi connectivity index (χ3n) is 8.08. The Kier molecular flexibility index (Phi) is 8.74. The maximum Gasteiger partial charge on any atom is 0.407 e. The van der Waals surface area contributed by atoms with Gasteiger partial charge in [0, 0.05) is 24.5 Å². The molecule has 0 unspecified atom stereocenters. The molecule has 244 valence electrons. The molecular weight excluding hydrogens is 608 g/mol. The summed E-state index contributed by atoms with van der Waals surface area (Å²) in [7, 11) is 0. The van der Waals surface area contributed by atoms with Crippen LogP contribution in [0.15, 0.2) is 70.3 Å². The minimum Gasteiger partial charge on any atom is -0.444 e. The lowest BCUT2D eigenvalue weighted by molar-refractivity contribution is 0.0499. The second-order valence-corrected chi connectivity index (χ2v) is 12.7. The monoisotopic (exact) mass is 644 g/mol. The first-order valence-corrected chi connectivity index (χ1v) is 15.8. The van der Waals surface area contributed by atoms with Gasteiger partial charge in [0.2, 0.25) is 5.95 Å². The number of rotatable bonds is 6. The van der Waals surface area contributed by atoms with Gasteiger partial charge < -0.3 is 15.0 Å². The lowest BCUT2D eigenvalue weighted by atomic mass is 10.1. The Balaban J connectivity index is 1.52. The van der Waals surface area contributed by atoms with Crippen molar-refractivity contribution in [1.29, 1.82) is 5.26 Å². The van der Waals surface area contributed by atoms with Crippen molar-refractivity contribution in [3.05, 3.63) is 92.9 Å². The normalized spacial score (nSPS) is 14.7. The summed E-state index contributed by atoms with van der Waals surface area (Å²) in [4.78, 5) is 52.8. The summed E-state index contributed by atoms with van der Waals surface area (Å²) in [5.74, 6) is 6.45. The molecule has 0 saturated carbocycles. The fourth-order valence-electron chi connectivity index (χ4n) is 6.05. The number of hydrogen-bond donors (Lipinski definition) is 1. The third-order valence-corrected chi connectivity index (χ3v) is 8.08.